The van der Waals surface area contributed by atoms with Crippen molar-refractivity contribution in [3.8, 4) is 5.75 Å². The molecule has 4 rings (SSSR count). The van der Waals surface area contributed by atoms with Crippen molar-refractivity contribution in [2.75, 3.05) is 19.7 Å². The third kappa shape index (κ3) is 6.94. The van der Waals surface area contributed by atoms with E-state index >= 15 is 0 Å². The smallest absolute Gasteiger partial charge is 0.226 e. The van der Waals surface area contributed by atoms with Crippen molar-refractivity contribution < 1.29 is 14.3 Å². The van der Waals surface area contributed by atoms with Crippen LogP contribution in [0.2, 0.25) is 0 Å². The van der Waals surface area contributed by atoms with Gasteiger partial charge in [-0.15, -0.1) is 0 Å². The maximum Gasteiger partial charge on any atom is 0.226 e. The highest BCUT2D eigenvalue weighted by atomic mass is 16.5. The summed E-state index contributed by atoms with van der Waals surface area (Å²) in [6, 6.07) is 19.8. The van der Waals surface area contributed by atoms with Crippen LogP contribution in [0.5, 0.6) is 5.75 Å². The van der Waals surface area contributed by atoms with E-state index in [0.29, 0.717) is 39.2 Å². The van der Waals surface area contributed by atoms with Crippen molar-refractivity contribution in [2.24, 2.45) is 5.92 Å². The second-order valence-electron chi connectivity index (χ2n) is 9.21. The number of nitrogens with one attached hydrogen (secondary N) is 1. The van der Waals surface area contributed by atoms with Crippen LogP contribution in [0, 0.1) is 19.8 Å². The number of likely N-dealkylation sites (tertiary alicyclic amines) is 1. The summed E-state index contributed by atoms with van der Waals surface area (Å²) < 4.78 is 7.64. The second kappa shape index (κ2) is 11.7. The Morgan fingerprint density at radius 1 is 1.06 bits per heavy atom. The van der Waals surface area contributed by atoms with Crippen LogP contribution in [-0.2, 0) is 22.7 Å². The summed E-state index contributed by atoms with van der Waals surface area (Å²) in [5, 5.41) is 7.61. The van der Waals surface area contributed by atoms with Gasteiger partial charge in [0.05, 0.1) is 31.2 Å². The molecule has 0 aliphatic carbocycles. The first kappa shape index (κ1) is 24.5. The van der Waals surface area contributed by atoms with Gasteiger partial charge in [-0.1, -0.05) is 42.5 Å². The molecule has 2 amide bonds. The number of hydrogen-bond donors (Lipinski definition) is 1. The zero-order valence-corrected chi connectivity index (χ0v) is 20.6. The quantitative estimate of drug-likeness (QED) is 0.511. The fraction of sp³-hybridized carbons (Fsp3) is 0.393. The lowest BCUT2D eigenvalue weighted by Gasteiger charge is -2.32. The van der Waals surface area contributed by atoms with Gasteiger partial charge in [0.25, 0.3) is 0 Å². The van der Waals surface area contributed by atoms with Crippen LogP contribution in [0.1, 0.15) is 41.8 Å². The highest BCUT2D eigenvalue weighted by Gasteiger charge is 2.28. The highest BCUT2D eigenvalue weighted by molar-refractivity contribution is 5.81. The molecule has 1 N–H and O–H groups in total. The zero-order chi connectivity index (χ0) is 24.6. The number of aryl methyl sites for hydroxylation is 2. The minimum atomic E-state index is -0.180. The van der Waals surface area contributed by atoms with E-state index in [1.54, 1.807) is 4.90 Å². The van der Waals surface area contributed by atoms with Gasteiger partial charge in [0.2, 0.25) is 11.8 Å². The minimum absolute atomic E-state index is 0.00647. The predicted molar refractivity (Wildman–Crippen MR) is 135 cm³/mol. The molecule has 0 saturated carbocycles. The van der Waals surface area contributed by atoms with Gasteiger partial charge in [-0.3, -0.25) is 14.3 Å². The van der Waals surface area contributed by atoms with E-state index < -0.39 is 0 Å². The van der Waals surface area contributed by atoms with Crippen LogP contribution in [0.25, 0.3) is 0 Å². The number of ether oxygens (including phenoxy) is 1. The van der Waals surface area contributed by atoms with Crippen molar-refractivity contribution in [3.63, 3.8) is 0 Å². The number of piperidine rings is 1. The Morgan fingerprint density at radius 2 is 1.86 bits per heavy atom. The number of rotatable bonds is 9. The first-order valence-corrected chi connectivity index (χ1v) is 12.3. The SMILES string of the molecule is Cc1cc(C)n(Cc2cccc(CNC(=O)C3CCCN(C(=O)CCOc4ccccc4)C3)c2)n1. The third-order valence-electron chi connectivity index (χ3n) is 6.37. The van der Waals surface area contributed by atoms with E-state index in [1.807, 2.05) is 54.1 Å². The van der Waals surface area contributed by atoms with E-state index in [-0.39, 0.29) is 17.7 Å². The Bertz CT molecular complexity index is 1140. The van der Waals surface area contributed by atoms with E-state index in [0.717, 1.165) is 41.1 Å². The zero-order valence-electron chi connectivity index (χ0n) is 20.6. The standard InChI is InChI=1S/C28H34N4O3/c1-21-16-22(2)32(30-21)19-24-9-6-8-23(17-24)18-29-28(34)25-10-7-14-31(20-25)27(33)13-15-35-26-11-4-3-5-12-26/h3-6,8-9,11-12,16-17,25H,7,10,13-15,18-20H2,1-2H3,(H,29,34). The molecule has 3 aromatic rings. The molecular formula is C28H34N4O3. The Labute approximate surface area is 207 Å². The molecule has 0 spiro atoms. The Hall–Kier alpha value is -3.61. The summed E-state index contributed by atoms with van der Waals surface area (Å²) in [6.07, 6.45) is 1.95. The fourth-order valence-corrected chi connectivity index (χ4v) is 4.53. The van der Waals surface area contributed by atoms with Crippen molar-refractivity contribution in [3.05, 3.63) is 83.2 Å². The van der Waals surface area contributed by atoms with Crippen molar-refractivity contribution in [1.82, 2.24) is 20.0 Å². The van der Waals surface area contributed by atoms with Crippen LogP contribution in [0.15, 0.2) is 60.7 Å². The van der Waals surface area contributed by atoms with Crippen molar-refractivity contribution >= 4 is 11.8 Å². The summed E-state index contributed by atoms with van der Waals surface area (Å²) >= 11 is 0. The van der Waals surface area contributed by atoms with Crippen LogP contribution in [0.3, 0.4) is 0 Å². The maximum absolute atomic E-state index is 12.9. The molecule has 35 heavy (non-hydrogen) atoms. The van der Waals surface area contributed by atoms with Gasteiger partial charge in [0.1, 0.15) is 5.75 Å². The lowest BCUT2D eigenvalue weighted by atomic mass is 9.96. The van der Waals surface area contributed by atoms with E-state index in [1.165, 1.54) is 0 Å². The lowest BCUT2D eigenvalue weighted by molar-refractivity contribution is -0.136. The van der Waals surface area contributed by atoms with Gasteiger partial charge in [0.15, 0.2) is 0 Å². The molecule has 1 aromatic heterocycles. The molecule has 2 aromatic carbocycles. The Balaban J connectivity index is 1.24. The number of benzene rings is 2. The van der Waals surface area contributed by atoms with Crippen molar-refractivity contribution in [1.29, 1.82) is 0 Å². The molecule has 1 saturated heterocycles. The average Bonchev–Trinajstić information content (AvgIpc) is 3.19. The molecule has 7 heteroatoms. The summed E-state index contributed by atoms with van der Waals surface area (Å²) in [5.41, 5.74) is 4.34. The van der Waals surface area contributed by atoms with Gasteiger partial charge >= 0.3 is 0 Å². The van der Waals surface area contributed by atoms with Gasteiger partial charge in [-0.05, 0) is 56.0 Å². The van der Waals surface area contributed by atoms with Crippen LogP contribution in [0.4, 0.5) is 0 Å². The molecule has 7 nitrogen and oxygen atoms in total. The van der Waals surface area contributed by atoms with Crippen LogP contribution in [-0.4, -0.2) is 46.2 Å². The number of hydrogen-bond acceptors (Lipinski definition) is 4. The molecule has 2 heterocycles. The molecule has 1 aliphatic rings. The van der Waals surface area contributed by atoms with E-state index in [2.05, 4.69) is 35.5 Å². The van der Waals surface area contributed by atoms with Gasteiger partial charge in [0, 0.05) is 25.3 Å². The number of amides is 2. The molecule has 0 radical (unpaired) electrons. The van der Waals surface area contributed by atoms with Crippen molar-refractivity contribution in [2.45, 2.75) is 46.2 Å². The Kier molecular flexibility index (Phi) is 8.19. The summed E-state index contributed by atoms with van der Waals surface area (Å²) in [5.74, 6) is 0.623. The van der Waals surface area contributed by atoms with Gasteiger partial charge < -0.3 is 15.0 Å². The van der Waals surface area contributed by atoms with Crippen LogP contribution >= 0.6 is 0 Å². The summed E-state index contributed by atoms with van der Waals surface area (Å²) in [4.78, 5) is 27.3. The van der Waals surface area contributed by atoms with E-state index in [4.69, 9.17) is 4.74 Å². The molecule has 1 atom stereocenters. The minimum Gasteiger partial charge on any atom is -0.493 e. The average molecular weight is 475 g/mol. The highest BCUT2D eigenvalue weighted by Crippen LogP contribution is 2.18. The third-order valence-corrected chi connectivity index (χ3v) is 6.37. The molecule has 1 unspecified atom stereocenters. The number of carbonyl (C=O) groups excluding carboxylic acids is 2. The molecule has 1 fully saturated rings. The largest absolute Gasteiger partial charge is 0.493 e. The lowest BCUT2D eigenvalue weighted by Crippen LogP contribution is -2.45. The van der Waals surface area contributed by atoms with Gasteiger partial charge in [-0.25, -0.2) is 0 Å². The number of aromatic nitrogens is 2. The first-order chi connectivity index (χ1) is 17.0. The number of nitrogens with zero attached hydrogens (tertiary/aromatic N) is 3. The molecule has 0 bridgehead atoms. The molecular weight excluding hydrogens is 440 g/mol. The summed E-state index contributed by atoms with van der Waals surface area (Å²) in [6.45, 7) is 6.72. The second-order valence-corrected chi connectivity index (χ2v) is 9.21. The normalized spacial score (nSPS) is 15.6. The number of para-hydroxylation sites is 1. The monoisotopic (exact) mass is 474 g/mol. The molecule has 1 aliphatic heterocycles. The van der Waals surface area contributed by atoms with Crippen LogP contribution < -0.4 is 10.1 Å². The molecule has 184 valence electrons. The first-order valence-electron chi connectivity index (χ1n) is 12.3. The number of carbonyl (C=O) groups is 2. The summed E-state index contributed by atoms with van der Waals surface area (Å²) in [7, 11) is 0. The topological polar surface area (TPSA) is 76.5 Å². The van der Waals surface area contributed by atoms with Gasteiger partial charge in [-0.2, -0.15) is 5.10 Å². The van der Waals surface area contributed by atoms with E-state index in [9.17, 15) is 9.59 Å². The Morgan fingerprint density at radius 3 is 2.63 bits per heavy atom. The fourth-order valence-electron chi connectivity index (χ4n) is 4.53. The predicted octanol–water partition coefficient (Wildman–Crippen LogP) is 3.87. The maximum atomic E-state index is 12.9.